The molecule has 1 aliphatic heterocycles. The van der Waals surface area contributed by atoms with E-state index in [1.54, 1.807) is 36.4 Å². The van der Waals surface area contributed by atoms with Gasteiger partial charge in [0.1, 0.15) is 11.3 Å². The van der Waals surface area contributed by atoms with Crippen molar-refractivity contribution in [1.29, 1.82) is 0 Å². The van der Waals surface area contributed by atoms with Crippen molar-refractivity contribution in [3.8, 4) is 5.75 Å². The highest BCUT2D eigenvalue weighted by atomic mass is 16.6. The van der Waals surface area contributed by atoms with Crippen molar-refractivity contribution in [3.05, 3.63) is 111 Å². The number of nitro groups is 1. The Kier molecular flexibility index (Phi) is 5.78. The summed E-state index contributed by atoms with van der Waals surface area (Å²) in [5, 5.41) is 14.8. The van der Waals surface area contributed by atoms with Crippen molar-refractivity contribution in [3.63, 3.8) is 0 Å². The number of hydrogen-bond donors (Lipinski definition) is 1. The molecular weight excluding hydrogens is 448 g/mol. The zero-order valence-electron chi connectivity index (χ0n) is 18.8. The molecule has 8 nitrogen and oxygen atoms in total. The Hall–Kier alpha value is -4.46. The number of non-ortho nitro benzene ring substituents is 1. The lowest BCUT2D eigenvalue weighted by atomic mass is 9.76. The van der Waals surface area contributed by atoms with Crippen molar-refractivity contribution >= 4 is 23.3 Å². The Morgan fingerprint density at radius 3 is 2.66 bits per heavy atom. The summed E-state index contributed by atoms with van der Waals surface area (Å²) in [7, 11) is 1.27. The number of esters is 2. The van der Waals surface area contributed by atoms with Gasteiger partial charge in [-0.15, -0.1) is 0 Å². The molecular formula is C27H22N2O6. The molecule has 3 atom stereocenters. The number of ether oxygens (including phenoxy) is 2. The van der Waals surface area contributed by atoms with Gasteiger partial charge < -0.3 is 14.8 Å². The Morgan fingerprint density at radius 2 is 1.86 bits per heavy atom. The highest BCUT2D eigenvalue weighted by Gasteiger charge is 2.38. The van der Waals surface area contributed by atoms with Crippen LogP contribution in [0.4, 0.5) is 11.4 Å². The number of allylic oxidation sites excluding steroid dienone is 2. The first-order valence-corrected chi connectivity index (χ1v) is 11.2. The van der Waals surface area contributed by atoms with Crippen molar-refractivity contribution in [1.82, 2.24) is 0 Å². The third kappa shape index (κ3) is 4.14. The predicted octanol–water partition coefficient (Wildman–Crippen LogP) is 5.43. The number of anilines is 1. The Balaban J connectivity index is 1.44. The minimum Gasteiger partial charge on any atom is -0.465 e. The van der Waals surface area contributed by atoms with Crippen LogP contribution >= 0.6 is 0 Å². The summed E-state index contributed by atoms with van der Waals surface area (Å²) in [5.41, 5.74) is 3.26. The highest BCUT2D eigenvalue weighted by Crippen LogP contribution is 2.50. The first-order valence-electron chi connectivity index (χ1n) is 11.2. The van der Waals surface area contributed by atoms with E-state index in [1.165, 1.54) is 19.2 Å². The summed E-state index contributed by atoms with van der Waals surface area (Å²) >= 11 is 0. The maximum atomic E-state index is 13.0. The van der Waals surface area contributed by atoms with E-state index >= 15 is 0 Å². The Labute approximate surface area is 201 Å². The van der Waals surface area contributed by atoms with Crippen LogP contribution in [-0.2, 0) is 4.74 Å². The summed E-state index contributed by atoms with van der Waals surface area (Å²) in [4.78, 5) is 35.9. The molecule has 5 rings (SSSR count). The van der Waals surface area contributed by atoms with Gasteiger partial charge in [-0.25, -0.2) is 9.59 Å². The fourth-order valence-electron chi connectivity index (χ4n) is 4.88. The van der Waals surface area contributed by atoms with Crippen LogP contribution in [-0.4, -0.2) is 24.0 Å². The number of nitrogens with zero attached hydrogens (tertiary/aromatic N) is 1. The van der Waals surface area contributed by atoms with Gasteiger partial charge in [-0.05, 0) is 53.8 Å². The second-order valence-corrected chi connectivity index (χ2v) is 8.51. The van der Waals surface area contributed by atoms with Crippen LogP contribution in [0.25, 0.3) is 0 Å². The van der Waals surface area contributed by atoms with E-state index in [2.05, 4.69) is 17.5 Å². The third-order valence-corrected chi connectivity index (χ3v) is 6.53. The number of fused-ring (bicyclic) bond motifs is 3. The molecule has 0 saturated carbocycles. The van der Waals surface area contributed by atoms with Crippen molar-refractivity contribution in [2.24, 2.45) is 5.92 Å². The van der Waals surface area contributed by atoms with E-state index < -0.39 is 11.9 Å². The molecule has 3 aromatic carbocycles. The molecule has 1 aliphatic carbocycles. The molecule has 0 aromatic heterocycles. The summed E-state index contributed by atoms with van der Waals surface area (Å²) < 4.78 is 10.3. The van der Waals surface area contributed by atoms with E-state index in [4.69, 9.17) is 9.47 Å². The number of carbonyl (C=O) groups excluding carboxylic acids is 2. The standard InChI is InChI=1S/C27H22N2O6/c1-34-27(31)21-8-2-3-11-24(21)35-26(30)17-12-13-23-22(15-17)19-9-5-10-20(19)25(28-23)16-6-4-7-18(14-16)29(32)33/h2-9,11-15,19-20,25,28H,10H2,1H3/t19-,20+,25-/m1/s1. The molecule has 0 radical (unpaired) electrons. The maximum absolute atomic E-state index is 13.0. The van der Waals surface area contributed by atoms with Gasteiger partial charge in [-0.1, -0.05) is 36.4 Å². The third-order valence-electron chi connectivity index (χ3n) is 6.53. The van der Waals surface area contributed by atoms with Crippen molar-refractivity contribution < 1.29 is 24.0 Å². The average molecular weight is 470 g/mol. The smallest absolute Gasteiger partial charge is 0.343 e. The van der Waals surface area contributed by atoms with Crippen LogP contribution in [0, 0.1) is 16.0 Å². The maximum Gasteiger partial charge on any atom is 0.343 e. The molecule has 0 fully saturated rings. The topological polar surface area (TPSA) is 108 Å². The van der Waals surface area contributed by atoms with Crippen LogP contribution in [0.1, 0.15) is 50.2 Å². The number of nitro benzene ring substituents is 1. The molecule has 1 N–H and O–H groups in total. The second kappa shape index (κ2) is 9.06. The van der Waals surface area contributed by atoms with E-state index in [1.807, 2.05) is 18.2 Å². The van der Waals surface area contributed by atoms with Gasteiger partial charge in [-0.3, -0.25) is 10.1 Å². The first kappa shape index (κ1) is 22.3. The summed E-state index contributed by atoms with van der Waals surface area (Å²) in [6, 6.07) is 18.3. The number of methoxy groups -OCH3 is 1. The van der Waals surface area contributed by atoms with Gasteiger partial charge in [0, 0.05) is 23.7 Å². The molecule has 0 unspecified atom stereocenters. The summed E-state index contributed by atoms with van der Waals surface area (Å²) in [6.07, 6.45) is 5.04. The molecule has 1 heterocycles. The SMILES string of the molecule is COC(=O)c1ccccc1OC(=O)c1ccc2c(c1)[C@@H]1C=CC[C@@H]1[C@@H](c1cccc([N+](=O)[O-])c1)N2. The average Bonchev–Trinajstić information content (AvgIpc) is 3.38. The zero-order chi connectivity index (χ0) is 24.5. The monoisotopic (exact) mass is 470 g/mol. The van der Waals surface area contributed by atoms with Crippen molar-refractivity contribution in [2.45, 2.75) is 18.4 Å². The summed E-state index contributed by atoms with van der Waals surface area (Å²) in [6.45, 7) is 0. The van der Waals surface area contributed by atoms with Gasteiger partial charge in [0.05, 0.1) is 23.6 Å². The number of nitrogens with one attached hydrogen (secondary N) is 1. The van der Waals surface area contributed by atoms with Gasteiger partial charge in [0.2, 0.25) is 0 Å². The molecule has 0 bridgehead atoms. The van der Waals surface area contributed by atoms with Crippen LogP contribution in [0.15, 0.2) is 78.9 Å². The molecule has 35 heavy (non-hydrogen) atoms. The van der Waals surface area contributed by atoms with E-state index in [0.717, 1.165) is 23.2 Å². The lowest BCUT2D eigenvalue weighted by Crippen LogP contribution is -2.29. The second-order valence-electron chi connectivity index (χ2n) is 8.51. The fourth-order valence-corrected chi connectivity index (χ4v) is 4.88. The molecule has 0 saturated heterocycles. The van der Waals surface area contributed by atoms with Crippen LogP contribution in [0.5, 0.6) is 5.75 Å². The molecule has 2 aliphatic rings. The van der Waals surface area contributed by atoms with Gasteiger partial charge in [0.15, 0.2) is 0 Å². The zero-order valence-corrected chi connectivity index (χ0v) is 18.8. The minimum atomic E-state index is -0.589. The number of hydrogen-bond acceptors (Lipinski definition) is 7. The van der Waals surface area contributed by atoms with Crippen LogP contribution < -0.4 is 10.1 Å². The molecule has 8 heteroatoms. The van der Waals surface area contributed by atoms with Gasteiger partial charge in [0.25, 0.3) is 5.69 Å². The fraction of sp³-hybridized carbons (Fsp3) is 0.185. The predicted molar refractivity (Wildman–Crippen MR) is 129 cm³/mol. The van der Waals surface area contributed by atoms with Gasteiger partial charge in [-0.2, -0.15) is 0 Å². The largest absolute Gasteiger partial charge is 0.465 e. The molecule has 176 valence electrons. The van der Waals surface area contributed by atoms with E-state index in [0.29, 0.717) is 5.56 Å². The van der Waals surface area contributed by atoms with Gasteiger partial charge >= 0.3 is 11.9 Å². The normalized spacial score (nSPS) is 19.7. The van der Waals surface area contributed by atoms with Crippen molar-refractivity contribution in [2.75, 3.05) is 12.4 Å². The quantitative estimate of drug-likeness (QED) is 0.174. The lowest BCUT2D eigenvalue weighted by Gasteiger charge is -2.37. The highest BCUT2D eigenvalue weighted by molar-refractivity contribution is 5.96. The number of carbonyl (C=O) groups is 2. The minimum absolute atomic E-state index is 0.0469. The molecule has 3 aromatic rings. The Bertz CT molecular complexity index is 1370. The molecule has 0 amide bonds. The Morgan fingerprint density at radius 1 is 1.03 bits per heavy atom. The lowest BCUT2D eigenvalue weighted by molar-refractivity contribution is -0.384. The summed E-state index contributed by atoms with van der Waals surface area (Å²) in [5.74, 6) is -0.844. The van der Waals surface area contributed by atoms with Crippen LogP contribution in [0.3, 0.4) is 0 Å². The van der Waals surface area contributed by atoms with Crippen LogP contribution in [0.2, 0.25) is 0 Å². The number of para-hydroxylation sites is 1. The number of rotatable bonds is 5. The number of benzene rings is 3. The first-order chi connectivity index (χ1) is 17.0. The molecule has 0 spiro atoms. The van der Waals surface area contributed by atoms with E-state index in [-0.39, 0.29) is 39.8 Å². The van der Waals surface area contributed by atoms with E-state index in [9.17, 15) is 19.7 Å².